The summed E-state index contributed by atoms with van der Waals surface area (Å²) in [5.74, 6) is -0.793. The molecule has 0 aliphatic heterocycles. The zero-order valence-corrected chi connectivity index (χ0v) is 10.7. The fraction of sp³-hybridized carbons (Fsp3) is 0.417. The summed E-state index contributed by atoms with van der Waals surface area (Å²) >= 11 is 5.93. The van der Waals surface area contributed by atoms with Gasteiger partial charge in [0.25, 0.3) is 5.69 Å². The molecule has 1 aromatic carbocycles. The second-order valence-corrected chi connectivity index (χ2v) is 4.99. The van der Waals surface area contributed by atoms with E-state index in [2.05, 4.69) is 0 Å². The quantitative estimate of drug-likeness (QED) is 0.663. The zero-order chi connectivity index (χ0) is 14.0. The SMILES string of the molecule is O=C(O)CC1(Oc2cc([N+](=O)[O-])ccc2Cl)CCC1. The van der Waals surface area contributed by atoms with Crippen molar-refractivity contribution in [3.63, 3.8) is 0 Å². The average molecular weight is 286 g/mol. The first-order valence-corrected chi connectivity index (χ1v) is 6.14. The Hall–Kier alpha value is -1.82. The van der Waals surface area contributed by atoms with Gasteiger partial charge in [-0.1, -0.05) is 11.6 Å². The maximum Gasteiger partial charge on any atom is 0.307 e. The smallest absolute Gasteiger partial charge is 0.307 e. The lowest BCUT2D eigenvalue weighted by Crippen LogP contribution is -2.45. The lowest BCUT2D eigenvalue weighted by Gasteiger charge is -2.40. The minimum Gasteiger partial charge on any atom is -0.485 e. The fourth-order valence-corrected chi connectivity index (χ4v) is 2.23. The third-order valence-corrected chi connectivity index (χ3v) is 3.50. The van der Waals surface area contributed by atoms with Gasteiger partial charge < -0.3 is 9.84 Å². The zero-order valence-electron chi connectivity index (χ0n) is 9.97. The molecule has 6 nitrogen and oxygen atoms in total. The average Bonchev–Trinajstić information content (AvgIpc) is 2.28. The molecule has 0 unspecified atom stereocenters. The summed E-state index contributed by atoms with van der Waals surface area (Å²) in [4.78, 5) is 21.0. The topological polar surface area (TPSA) is 89.7 Å². The molecule has 1 fully saturated rings. The number of benzene rings is 1. The Morgan fingerprint density at radius 2 is 2.21 bits per heavy atom. The van der Waals surface area contributed by atoms with Crippen LogP contribution in [0.4, 0.5) is 5.69 Å². The Balaban J connectivity index is 2.24. The summed E-state index contributed by atoms with van der Waals surface area (Å²) in [6, 6.07) is 3.88. The highest BCUT2D eigenvalue weighted by atomic mass is 35.5. The van der Waals surface area contributed by atoms with E-state index in [-0.39, 0.29) is 22.9 Å². The van der Waals surface area contributed by atoms with Gasteiger partial charge >= 0.3 is 5.97 Å². The molecule has 7 heteroatoms. The van der Waals surface area contributed by atoms with Crippen molar-refractivity contribution >= 4 is 23.3 Å². The van der Waals surface area contributed by atoms with Gasteiger partial charge in [0.1, 0.15) is 11.4 Å². The van der Waals surface area contributed by atoms with Crippen LogP contribution in [0.15, 0.2) is 18.2 Å². The number of nitrogens with zero attached hydrogens (tertiary/aromatic N) is 1. The number of non-ortho nitro benzene ring substituents is 1. The molecule has 0 amide bonds. The van der Waals surface area contributed by atoms with Crippen LogP contribution < -0.4 is 4.74 Å². The molecule has 0 atom stereocenters. The minimum absolute atomic E-state index is 0.133. The molecule has 0 saturated heterocycles. The number of rotatable bonds is 5. The number of nitro groups is 1. The number of carboxylic acids is 1. The van der Waals surface area contributed by atoms with Gasteiger partial charge in [-0.3, -0.25) is 14.9 Å². The normalized spacial score (nSPS) is 16.5. The predicted octanol–water partition coefficient (Wildman–Crippen LogP) is 3.02. The van der Waals surface area contributed by atoms with Crippen LogP contribution in [0, 0.1) is 10.1 Å². The van der Waals surface area contributed by atoms with Crippen molar-refractivity contribution in [2.75, 3.05) is 0 Å². The highest BCUT2D eigenvalue weighted by Gasteiger charge is 2.42. The van der Waals surface area contributed by atoms with Crippen molar-refractivity contribution in [1.82, 2.24) is 0 Å². The molecule has 0 radical (unpaired) electrons. The van der Waals surface area contributed by atoms with E-state index in [0.717, 1.165) is 6.42 Å². The summed E-state index contributed by atoms with van der Waals surface area (Å²) in [7, 11) is 0. The van der Waals surface area contributed by atoms with Gasteiger partial charge in [-0.25, -0.2) is 0 Å². The molecule has 1 aliphatic rings. The van der Waals surface area contributed by atoms with Crippen molar-refractivity contribution in [2.45, 2.75) is 31.3 Å². The third kappa shape index (κ3) is 2.96. The van der Waals surface area contributed by atoms with Gasteiger partial charge in [0, 0.05) is 6.07 Å². The second kappa shape index (κ2) is 5.05. The van der Waals surface area contributed by atoms with E-state index in [9.17, 15) is 14.9 Å². The highest BCUT2D eigenvalue weighted by molar-refractivity contribution is 6.32. The van der Waals surface area contributed by atoms with Crippen LogP contribution in [-0.2, 0) is 4.79 Å². The predicted molar refractivity (Wildman–Crippen MR) is 67.6 cm³/mol. The van der Waals surface area contributed by atoms with Gasteiger partial charge in [-0.2, -0.15) is 0 Å². The molecular weight excluding hydrogens is 274 g/mol. The largest absolute Gasteiger partial charge is 0.485 e. The first-order chi connectivity index (χ1) is 8.92. The Bertz CT molecular complexity index is 527. The molecule has 1 aromatic rings. The molecular formula is C12H12ClNO5. The number of halogens is 1. The van der Waals surface area contributed by atoms with E-state index >= 15 is 0 Å². The van der Waals surface area contributed by atoms with E-state index in [1.807, 2.05) is 0 Å². The van der Waals surface area contributed by atoms with Crippen LogP contribution in [0.25, 0.3) is 0 Å². The number of carbonyl (C=O) groups is 1. The number of carboxylic acid groups (broad SMARTS) is 1. The lowest BCUT2D eigenvalue weighted by atomic mass is 9.77. The summed E-state index contributed by atoms with van der Waals surface area (Å²) in [5.41, 5.74) is -0.922. The summed E-state index contributed by atoms with van der Waals surface area (Å²) in [5, 5.41) is 19.8. The summed E-state index contributed by atoms with van der Waals surface area (Å²) < 4.78 is 5.65. The van der Waals surface area contributed by atoms with Crippen molar-refractivity contribution in [1.29, 1.82) is 0 Å². The van der Waals surface area contributed by atoms with Crippen molar-refractivity contribution in [3.05, 3.63) is 33.3 Å². The van der Waals surface area contributed by atoms with Crippen LogP contribution in [-0.4, -0.2) is 21.6 Å². The summed E-state index contributed by atoms with van der Waals surface area (Å²) in [6.07, 6.45) is 1.96. The Kier molecular flexibility index (Phi) is 3.61. The van der Waals surface area contributed by atoms with E-state index in [0.29, 0.717) is 12.8 Å². The number of aliphatic carboxylic acids is 1. The van der Waals surface area contributed by atoms with Gasteiger partial charge in [0.05, 0.1) is 22.4 Å². The minimum atomic E-state index is -0.957. The molecule has 19 heavy (non-hydrogen) atoms. The number of nitro benzene ring substituents is 1. The molecule has 0 spiro atoms. The molecule has 0 heterocycles. The molecule has 2 rings (SSSR count). The van der Waals surface area contributed by atoms with Crippen molar-refractivity contribution in [2.24, 2.45) is 0 Å². The maximum atomic E-state index is 10.8. The molecule has 1 saturated carbocycles. The van der Waals surface area contributed by atoms with Crippen molar-refractivity contribution in [3.8, 4) is 5.75 Å². The molecule has 0 aromatic heterocycles. The van der Waals surface area contributed by atoms with E-state index < -0.39 is 16.5 Å². The first-order valence-electron chi connectivity index (χ1n) is 5.77. The number of hydrogen-bond donors (Lipinski definition) is 1. The third-order valence-electron chi connectivity index (χ3n) is 3.19. The molecule has 102 valence electrons. The maximum absolute atomic E-state index is 10.8. The monoisotopic (exact) mass is 285 g/mol. The van der Waals surface area contributed by atoms with Gasteiger partial charge in [-0.15, -0.1) is 0 Å². The Labute approximate surface area is 114 Å². The number of ether oxygens (including phenoxy) is 1. The van der Waals surface area contributed by atoms with Crippen LogP contribution in [0.3, 0.4) is 0 Å². The standard InChI is InChI=1S/C12H12ClNO5/c13-9-3-2-8(14(17)18)6-10(9)19-12(4-1-5-12)7-11(15)16/h2-3,6H,1,4-5,7H2,(H,15,16). The van der Waals surface area contributed by atoms with Crippen LogP contribution in [0.5, 0.6) is 5.75 Å². The van der Waals surface area contributed by atoms with E-state index in [1.165, 1.54) is 18.2 Å². The highest BCUT2D eigenvalue weighted by Crippen LogP contribution is 2.42. The van der Waals surface area contributed by atoms with E-state index in [1.54, 1.807) is 0 Å². The Morgan fingerprint density at radius 1 is 1.53 bits per heavy atom. The second-order valence-electron chi connectivity index (χ2n) is 4.58. The van der Waals surface area contributed by atoms with Crippen LogP contribution >= 0.6 is 11.6 Å². The number of hydrogen-bond acceptors (Lipinski definition) is 4. The Morgan fingerprint density at radius 3 is 2.68 bits per heavy atom. The van der Waals surface area contributed by atoms with Crippen LogP contribution in [0.2, 0.25) is 5.02 Å². The molecule has 0 bridgehead atoms. The molecule has 1 aliphatic carbocycles. The van der Waals surface area contributed by atoms with Crippen LogP contribution in [0.1, 0.15) is 25.7 Å². The van der Waals surface area contributed by atoms with Gasteiger partial charge in [0.15, 0.2) is 0 Å². The van der Waals surface area contributed by atoms with Crippen molar-refractivity contribution < 1.29 is 19.6 Å². The first kappa shape index (κ1) is 13.6. The van der Waals surface area contributed by atoms with Gasteiger partial charge in [0.2, 0.25) is 0 Å². The van der Waals surface area contributed by atoms with Gasteiger partial charge in [-0.05, 0) is 25.3 Å². The lowest BCUT2D eigenvalue weighted by molar-refractivity contribution is -0.385. The molecule has 1 N–H and O–H groups in total. The fourth-order valence-electron chi connectivity index (χ4n) is 2.08. The summed E-state index contributed by atoms with van der Waals surface area (Å²) in [6.45, 7) is 0. The van der Waals surface area contributed by atoms with E-state index in [4.69, 9.17) is 21.4 Å².